The van der Waals surface area contributed by atoms with E-state index in [-0.39, 0.29) is 23.1 Å². The maximum absolute atomic E-state index is 12.8. The minimum absolute atomic E-state index is 0.160. The fourth-order valence-electron chi connectivity index (χ4n) is 2.93. The van der Waals surface area contributed by atoms with Crippen LogP contribution < -0.4 is 5.32 Å². The number of fused-ring (bicyclic) bond motifs is 1. The molecule has 2 aromatic rings. The van der Waals surface area contributed by atoms with Crippen LogP contribution in [0, 0.1) is 12.3 Å². The first-order valence-corrected chi connectivity index (χ1v) is 12.1. The van der Waals surface area contributed by atoms with E-state index >= 15 is 0 Å². The first-order chi connectivity index (χ1) is 13.9. The predicted octanol–water partition coefficient (Wildman–Crippen LogP) is 2.71. The van der Waals surface area contributed by atoms with Crippen molar-refractivity contribution in [3.63, 3.8) is 0 Å². The van der Waals surface area contributed by atoms with Crippen molar-refractivity contribution >= 4 is 38.7 Å². The topological polar surface area (TPSA) is 84.3 Å². The molecule has 9 heteroatoms. The number of thioether (sulfide) groups is 1. The first kappa shape index (κ1) is 23.3. The van der Waals surface area contributed by atoms with E-state index in [1.165, 1.54) is 16.1 Å². The van der Waals surface area contributed by atoms with E-state index in [0.29, 0.717) is 23.8 Å². The summed E-state index contributed by atoms with van der Waals surface area (Å²) in [6.07, 6.45) is 7.14. The van der Waals surface area contributed by atoms with Crippen molar-refractivity contribution < 1.29 is 13.2 Å². The number of benzene rings is 1. The molecule has 1 aromatic heterocycles. The zero-order chi connectivity index (χ0) is 21.4. The second-order valence-corrected chi connectivity index (χ2v) is 9.29. The average Bonchev–Trinajstić information content (AvgIpc) is 3.06. The highest BCUT2D eigenvalue weighted by atomic mass is 32.2. The lowest BCUT2D eigenvalue weighted by Gasteiger charge is -2.18. The summed E-state index contributed by atoms with van der Waals surface area (Å²) < 4.78 is 29.1. The molecule has 1 amide bonds. The number of unbranched alkanes of at least 4 members (excludes halogenated alkanes) is 1. The van der Waals surface area contributed by atoms with E-state index < -0.39 is 10.0 Å². The van der Waals surface area contributed by atoms with Gasteiger partial charge in [0, 0.05) is 19.6 Å². The fourth-order valence-corrected chi connectivity index (χ4v) is 5.28. The zero-order valence-electron chi connectivity index (χ0n) is 17.1. The molecule has 0 atom stereocenters. The minimum atomic E-state index is -3.55. The van der Waals surface area contributed by atoms with Gasteiger partial charge in [-0.15, -0.1) is 6.42 Å². The normalized spacial score (nSPS) is 11.7. The van der Waals surface area contributed by atoms with Gasteiger partial charge in [0.05, 0.1) is 28.2 Å². The van der Waals surface area contributed by atoms with Crippen LogP contribution in [0.4, 0.5) is 0 Å². The monoisotopic (exact) mass is 436 g/mol. The number of aryl methyl sites for hydroxylation is 1. The van der Waals surface area contributed by atoms with Gasteiger partial charge in [0.15, 0.2) is 5.16 Å². The fraction of sp³-hybridized carbons (Fsp3) is 0.500. The molecule has 2 rings (SSSR count). The number of sulfonamides is 1. The van der Waals surface area contributed by atoms with E-state index in [9.17, 15) is 13.2 Å². The summed E-state index contributed by atoms with van der Waals surface area (Å²) in [5, 5.41) is 3.33. The Labute approximate surface area is 177 Å². The molecule has 1 N–H and O–H groups in total. The molecule has 1 heterocycles. The Kier molecular flexibility index (Phi) is 8.56. The number of nitrogens with one attached hydrogen (secondary N) is 1. The number of terminal acetylenes is 1. The van der Waals surface area contributed by atoms with Crippen LogP contribution in [-0.4, -0.2) is 53.6 Å². The summed E-state index contributed by atoms with van der Waals surface area (Å²) in [5.74, 6) is 2.41. The van der Waals surface area contributed by atoms with Crippen LogP contribution in [-0.2, 0) is 21.4 Å². The summed E-state index contributed by atoms with van der Waals surface area (Å²) in [7, 11) is -3.55. The molecule has 0 aliphatic carbocycles. The highest BCUT2D eigenvalue weighted by Gasteiger charge is 2.23. The molecule has 0 bridgehead atoms. The molecule has 0 fully saturated rings. The molecule has 0 saturated carbocycles. The summed E-state index contributed by atoms with van der Waals surface area (Å²) in [4.78, 5) is 16.8. The highest BCUT2D eigenvalue weighted by Crippen LogP contribution is 2.27. The Morgan fingerprint density at radius 2 is 2.03 bits per heavy atom. The molecule has 0 unspecified atom stereocenters. The predicted molar refractivity (Wildman–Crippen MR) is 117 cm³/mol. The van der Waals surface area contributed by atoms with E-state index in [1.807, 2.05) is 18.4 Å². The minimum Gasteiger partial charge on any atom is -0.344 e. The third kappa shape index (κ3) is 5.53. The summed E-state index contributed by atoms with van der Waals surface area (Å²) in [5.41, 5.74) is 1.48. The second-order valence-electron chi connectivity index (χ2n) is 6.41. The number of hydrogen-bond donors (Lipinski definition) is 1. The first-order valence-electron chi connectivity index (χ1n) is 9.72. The van der Waals surface area contributed by atoms with Crippen LogP contribution in [0.15, 0.2) is 28.3 Å². The van der Waals surface area contributed by atoms with Gasteiger partial charge in [-0.05, 0) is 24.6 Å². The molecule has 29 heavy (non-hydrogen) atoms. The van der Waals surface area contributed by atoms with Crippen molar-refractivity contribution in [2.24, 2.45) is 0 Å². The Morgan fingerprint density at radius 1 is 1.31 bits per heavy atom. The largest absolute Gasteiger partial charge is 0.344 e. The van der Waals surface area contributed by atoms with Gasteiger partial charge in [0.1, 0.15) is 0 Å². The van der Waals surface area contributed by atoms with E-state index in [2.05, 4.69) is 23.1 Å². The number of carbonyl (C=O) groups is 1. The van der Waals surface area contributed by atoms with Gasteiger partial charge in [0.25, 0.3) is 0 Å². The lowest BCUT2D eigenvalue weighted by molar-refractivity contribution is -0.118. The molecule has 0 spiro atoms. The molecular formula is C20H28N4O3S2. The Bertz CT molecular complexity index is 989. The Morgan fingerprint density at radius 3 is 2.66 bits per heavy atom. The van der Waals surface area contributed by atoms with Crippen molar-refractivity contribution in [3.05, 3.63) is 18.2 Å². The quantitative estimate of drug-likeness (QED) is 0.432. The van der Waals surface area contributed by atoms with Gasteiger partial charge < -0.3 is 9.88 Å². The van der Waals surface area contributed by atoms with Crippen molar-refractivity contribution in [2.45, 2.75) is 50.2 Å². The smallest absolute Gasteiger partial charge is 0.243 e. The number of amides is 1. The molecule has 7 nitrogen and oxygen atoms in total. The molecule has 0 saturated heterocycles. The van der Waals surface area contributed by atoms with Crippen molar-refractivity contribution in [3.8, 4) is 12.3 Å². The third-order valence-electron chi connectivity index (χ3n) is 4.48. The number of rotatable bonds is 11. The standard InChI is InChI=1S/C20H28N4O3S2/c1-5-9-13-24-18-11-10-16(29(26,27)23(7-3)8-4)14-17(18)22-20(24)28-15-19(25)21-12-6-2/h2,10-11,14H,5,7-9,12-13,15H2,1,3-4H3,(H,21,25). The number of carbonyl (C=O) groups excluding carboxylic acids is 1. The molecular weight excluding hydrogens is 408 g/mol. The van der Waals surface area contributed by atoms with Crippen LogP contribution in [0.3, 0.4) is 0 Å². The summed E-state index contributed by atoms with van der Waals surface area (Å²) in [6.45, 7) is 7.51. The van der Waals surface area contributed by atoms with Gasteiger partial charge in [-0.2, -0.15) is 4.31 Å². The summed E-state index contributed by atoms with van der Waals surface area (Å²) in [6, 6.07) is 5.05. The summed E-state index contributed by atoms with van der Waals surface area (Å²) >= 11 is 1.32. The van der Waals surface area contributed by atoms with Gasteiger partial charge in [-0.3, -0.25) is 4.79 Å². The van der Waals surface area contributed by atoms with E-state index in [4.69, 9.17) is 6.42 Å². The van der Waals surface area contributed by atoms with Crippen molar-refractivity contribution in [1.82, 2.24) is 19.2 Å². The van der Waals surface area contributed by atoms with Crippen molar-refractivity contribution in [1.29, 1.82) is 0 Å². The van der Waals surface area contributed by atoms with Crippen LogP contribution in [0.5, 0.6) is 0 Å². The lowest BCUT2D eigenvalue weighted by atomic mass is 10.3. The third-order valence-corrected chi connectivity index (χ3v) is 7.51. The molecule has 1 aromatic carbocycles. The van der Waals surface area contributed by atoms with Crippen LogP contribution >= 0.6 is 11.8 Å². The van der Waals surface area contributed by atoms with Crippen LogP contribution in [0.25, 0.3) is 11.0 Å². The Hall–Kier alpha value is -2.02. The maximum atomic E-state index is 12.8. The maximum Gasteiger partial charge on any atom is 0.243 e. The van der Waals surface area contributed by atoms with Gasteiger partial charge in [0.2, 0.25) is 15.9 Å². The molecule has 0 aliphatic rings. The average molecular weight is 437 g/mol. The number of imidazole rings is 1. The lowest BCUT2D eigenvalue weighted by Crippen LogP contribution is -2.30. The van der Waals surface area contributed by atoms with Crippen LogP contribution in [0.1, 0.15) is 33.6 Å². The number of nitrogens with zero attached hydrogens (tertiary/aromatic N) is 3. The Balaban J connectivity index is 2.39. The highest BCUT2D eigenvalue weighted by molar-refractivity contribution is 7.99. The second kappa shape index (κ2) is 10.7. The molecule has 0 aliphatic heterocycles. The van der Waals surface area contributed by atoms with Gasteiger partial charge in [-0.25, -0.2) is 13.4 Å². The van der Waals surface area contributed by atoms with E-state index in [1.54, 1.807) is 18.2 Å². The molecule has 0 radical (unpaired) electrons. The van der Waals surface area contributed by atoms with Gasteiger partial charge in [-0.1, -0.05) is 44.9 Å². The molecule has 158 valence electrons. The number of aromatic nitrogens is 2. The SMILES string of the molecule is C#CCNC(=O)CSc1nc2cc(S(=O)(=O)N(CC)CC)ccc2n1CCCC. The van der Waals surface area contributed by atoms with Crippen LogP contribution in [0.2, 0.25) is 0 Å². The zero-order valence-corrected chi connectivity index (χ0v) is 18.8. The van der Waals surface area contributed by atoms with Gasteiger partial charge >= 0.3 is 0 Å². The van der Waals surface area contributed by atoms with Crippen molar-refractivity contribution in [2.75, 3.05) is 25.4 Å². The number of hydrogen-bond acceptors (Lipinski definition) is 5. The van der Waals surface area contributed by atoms with E-state index in [0.717, 1.165) is 24.9 Å².